The Hall–Kier alpha value is -7.31. The number of phenolic OH excluding ortho intramolecular Hbond substituents is 1. The first-order valence-corrected chi connectivity index (χ1v) is 24.9. The molecule has 1 aliphatic rings. The number of nitrogens with one attached hydrogen (secondary N) is 5. The molecule has 2 heterocycles. The SMILES string of the molecule is Cc1nc(-c2ccc(C(C)(C)C)cc2)nc(C)c1C(=O)N[C@@H](CNS(N)(=O)=O)C(=O)N(C)[C@@H]1C(=O)N[C@@H](C)C(=O)N[C@H](C(=O)NCC#N)Cc2ccc(OC[C@H](O)CN)c(c2)-c2cc1cc(OC[C@H](O)CN)c2O. The maximum atomic E-state index is 15.0. The number of nitrogens with zero attached hydrogens (tertiary/aromatic N) is 4. The van der Waals surface area contributed by atoms with Crippen molar-refractivity contribution in [3.63, 3.8) is 0 Å². The lowest BCUT2D eigenvalue weighted by Gasteiger charge is -2.33. The van der Waals surface area contributed by atoms with Crippen LogP contribution in [0.5, 0.6) is 17.2 Å². The number of hydrogen-bond donors (Lipinski definition) is 11. The number of aromatic hydroxyl groups is 1. The Morgan fingerprint density at radius 3 is 2.09 bits per heavy atom. The third kappa shape index (κ3) is 14.7. The van der Waals surface area contributed by atoms with E-state index in [1.54, 1.807) is 26.0 Å². The predicted molar refractivity (Wildman–Crippen MR) is 270 cm³/mol. The average Bonchev–Trinajstić information content (AvgIpc) is 3.34. The van der Waals surface area contributed by atoms with E-state index in [0.717, 1.165) is 17.5 Å². The predicted octanol–water partition coefficient (Wildman–Crippen LogP) is -0.896. The molecule has 398 valence electrons. The van der Waals surface area contributed by atoms with Crippen molar-refractivity contribution < 1.29 is 57.2 Å². The minimum absolute atomic E-state index is 0.0280. The second kappa shape index (κ2) is 24.6. The summed E-state index contributed by atoms with van der Waals surface area (Å²) in [5.74, 6) is -5.27. The molecule has 25 heteroatoms. The molecule has 0 spiro atoms. The quantitative estimate of drug-likeness (QED) is 0.0538. The van der Waals surface area contributed by atoms with Crippen LogP contribution in [0.1, 0.15) is 72.2 Å². The van der Waals surface area contributed by atoms with Crippen molar-refractivity contribution in [3.8, 4) is 45.8 Å². The summed E-state index contributed by atoms with van der Waals surface area (Å²) >= 11 is 0. The Kier molecular flexibility index (Phi) is 19.2. The van der Waals surface area contributed by atoms with E-state index in [-0.39, 0.29) is 76.7 Å². The molecule has 0 fully saturated rings. The maximum Gasteiger partial charge on any atom is 0.274 e. The summed E-state index contributed by atoms with van der Waals surface area (Å²) in [5, 5.41) is 57.4. The standard InChI is InChI=1S/C49H64N12O12S/c1-25-40(26(2)57-43(56-25)29-9-11-31(12-10-29)49(4,5)6)46(67)60-37(22-55-74(53,70)71)48(69)61(7)41-30-18-35(42(64)39(19-30)73-24-33(63)21-52)34-16-28(8-13-38(34)72-23-32(62)20-51)17-36(45(66)54-15-14-50)59-44(65)27(3)58-47(41)68/h8-13,16,18-19,27,32-33,36-37,41,55,62-64H,15,17,20-24,51-52H2,1-7H3,(H,54,66)(H,58,68)(H,59,65)(H,60,67)(H2,53,70,71)/t27-,32+,33+,36-,37-,41-/m0/s1. The fourth-order valence-corrected chi connectivity index (χ4v) is 8.25. The summed E-state index contributed by atoms with van der Waals surface area (Å²) in [4.78, 5) is 81.4. The molecule has 0 aliphatic carbocycles. The van der Waals surface area contributed by atoms with Crippen molar-refractivity contribution in [1.29, 1.82) is 5.26 Å². The van der Waals surface area contributed by atoms with E-state index >= 15 is 0 Å². The van der Waals surface area contributed by atoms with Gasteiger partial charge in [-0.05, 0) is 67.1 Å². The van der Waals surface area contributed by atoms with Crippen LogP contribution in [0.3, 0.4) is 0 Å². The van der Waals surface area contributed by atoms with Crippen LogP contribution < -0.4 is 52.1 Å². The van der Waals surface area contributed by atoms with Crippen LogP contribution in [0.25, 0.3) is 22.5 Å². The second-order valence-corrected chi connectivity index (χ2v) is 20.1. The third-order valence-electron chi connectivity index (χ3n) is 11.9. The van der Waals surface area contributed by atoms with Crippen LogP contribution in [0.4, 0.5) is 0 Å². The zero-order valence-electron chi connectivity index (χ0n) is 42.1. The number of ether oxygens (including phenoxy) is 2. The number of benzene rings is 3. The number of phenols is 1. The normalized spacial score (nSPS) is 17.3. The summed E-state index contributed by atoms with van der Waals surface area (Å²) in [6, 6.07) is 9.95. The molecule has 5 amide bonds. The van der Waals surface area contributed by atoms with Gasteiger partial charge in [-0.1, -0.05) is 51.1 Å². The number of nitriles is 1. The van der Waals surface area contributed by atoms with E-state index in [2.05, 4.69) is 52.0 Å². The van der Waals surface area contributed by atoms with Crippen molar-refractivity contribution in [2.24, 2.45) is 16.6 Å². The van der Waals surface area contributed by atoms with Crippen molar-refractivity contribution in [2.75, 3.05) is 46.4 Å². The number of amides is 5. The van der Waals surface area contributed by atoms with E-state index < -0.39 is 102 Å². The molecule has 1 aromatic heterocycles. The molecule has 1 aliphatic heterocycles. The lowest BCUT2D eigenvalue weighted by Crippen LogP contribution is -2.57. The molecular weight excluding hydrogens is 981 g/mol. The van der Waals surface area contributed by atoms with Crippen LogP contribution in [0.2, 0.25) is 0 Å². The Morgan fingerprint density at radius 2 is 1.53 bits per heavy atom. The highest BCUT2D eigenvalue weighted by Crippen LogP contribution is 2.45. The van der Waals surface area contributed by atoms with Crippen molar-refractivity contribution in [3.05, 3.63) is 88.2 Å². The van der Waals surface area contributed by atoms with Crippen LogP contribution in [-0.4, -0.2) is 145 Å². The number of fused-ring (bicyclic) bond motifs is 5. The monoisotopic (exact) mass is 1040 g/mol. The maximum absolute atomic E-state index is 15.0. The summed E-state index contributed by atoms with van der Waals surface area (Å²) in [6.07, 6.45) is -2.60. The molecule has 24 nitrogen and oxygen atoms in total. The van der Waals surface area contributed by atoms with E-state index in [0.29, 0.717) is 17.0 Å². The first-order chi connectivity index (χ1) is 34.8. The van der Waals surface area contributed by atoms with E-state index in [9.17, 15) is 53.0 Å². The van der Waals surface area contributed by atoms with Crippen molar-refractivity contribution in [1.82, 2.24) is 40.9 Å². The Labute approximate surface area is 428 Å². The molecule has 0 saturated carbocycles. The fourth-order valence-electron chi connectivity index (χ4n) is 7.85. The number of nitrogens with two attached hydrogens (primary N) is 3. The van der Waals surface area contributed by atoms with E-state index in [1.807, 2.05) is 29.0 Å². The minimum atomic E-state index is -4.53. The molecule has 74 heavy (non-hydrogen) atoms. The minimum Gasteiger partial charge on any atom is -0.504 e. The number of carbonyl (C=O) groups excluding carboxylic acids is 5. The molecule has 3 aromatic carbocycles. The zero-order valence-corrected chi connectivity index (χ0v) is 42.9. The molecular formula is C49H64N12O12S. The van der Waals surface area contributed by atoms with Gasteiger partial charge in [0.2, 0.25) is 23.6 Å². The van der Waals surface area contributed by atoms with Crippen LogP contribution in [0.15, 0.2) is 54.6 Å². The van der Waals surface area contributed by atoms with Gasteiger partial charge in [0.25, 0.3) is 16.1 Å². The lowest BCUT2D eigenvalue weighted by molar-refractivity contribution is -0.141. The fraction of sp³-hybridized carbons (Fsp3) is 0.429. The third-order valence-corrected chi connectivity index (χ3v) is 12.5. The summed E-state index contributed by atoms with van der Waals surface area (Å²) in [7, 11) is -3.37. The first kappa shape index (κ1) is 57.6. The number of aliphatic hydroxyl groups excluding tert-OH is 2. The summed E-state index contributed by atoms with van der Waals surface area (Å²) < 4.78 is 38.6. The number of aryl methyl sites for hydroxylation is 2. The molecule has 0 unspecified atom stereocenters. The average molecular weight is 1050 g/mol. The van der Waals surface area contributed by atoms with Crippen molar-refractivity contribution >= 4 is 39.7 Å². The highest BCUT2D eigenvalue weighted by molar-refractivity contribution is 7.87. The van der Waals surface area contributed by atoms with Gasteiger partial charge >= 0.3 is 0 Å². The molecule has 14 N–H and O–H groups in total. The highest BCUT2D eigenvalue weighted by Gasteiger charge is 2.38. The number of rotatable bonds is 18. The molecule has 4 aromatic rings. The summed E-state index contributed by atoms with van der Waals surface area (Å²) in [5.41, 5.74) is 13.5. The molecule has 0 saturated heterocycles. The van der Waals surface area contributed by atoms with Crippen LogP contribution in [0, 0.1) is 25.2 Å². The largest absolute Gasteiger partial charge is 0.504 e. The van der Waals surface area contributed by atoms with Crippen molar-refractivity contribution in [2.45, 2.75) is 89.8 Å². The van der Waals surface area contributed by atoms with Gasteiger partial charge in [-0.25, -0.2) is 15.1 Å². The lowest BCUT2D eigenvalue weighted by atomic mass is 9.86. The van der Waals surface area contributed by atoms with Gasteiger partial charge in [-0.3, -0.25) is 24.0 Å². The molecule has 6 atom stereocenters. The van der Waals surface area contributed by atoms with Gasteiger partial charge in [0.1, 0.15) is 61.9 Å². The zero-order chi connectivity index (χ0) is 54.8. The van der Waals surface area contributed by atoms with Gasteiger partial charge in [0, 0.05) is 49.8 Å². The first-order valence-electron chi connectivity index (χ1n) is 23.3. The number of aromatic nitrogens is 2. The van der Waals surface area contributed by atoms with E-state index in [4.69, 9.17) is 26.1 Å². The molecule has 4 bridgehead atoms. The Morgan fingerprint density at radius 1 is 0.919 bits per heavy atom. The van der Waals surface area contributed by atoms with Gasteiger partial charge in [-0.15, -0.1) is 0 Å². The number of carbonyl (C=O) groups is 5. The van der Waals surface area contributed by atoms with E-state index in [1.165, 1.54) is 31.2 Å². The molecule has 0 radical (unpaired) electrons. The Balaban J connectivity index is 1.68. The van der Waals surface area contributed by atoms with Gasteiger partial charge < -0.3 is 62.4 Å². The smallest absolute Gasteiger partial charge is 0.274 e. The number of hydrogen-bond acceptors (Lipinski definition) is 17. The summed E-state index contributed by atoms with van der Waals surface area (Å²) in [6.45, 7) is 8.09. The van der Waals surface area contributed by atoms with Crippen LogP contribution >= 0.6 is 0 Å². The Bertz CT molecular complexity index is 2870. The number of aliphatic hydroxyl groups is 2. The second-order valence-electron chi connectivity index (χ2n) is 18.7. The van der Waals surface area contributed by atoms with Crippen LogP contribution in [-0.2, 0) is 41.2 Å². The van der Waals surface area contributed by atoms with Gasteiger partial charge in [-0.2, -0.15) is 18.4 Å². The molecule has 5 rings (SSSR count). The topological polar surface area (TPSA) is 390 Å². The van der Waals surface area contributed by atoms with Gasteiger partial charge in [0.05, 0.1) is 23.0 Å². The highest BCUT2D eigenvalue weighted by atomic mass is 32.2. The number of likely N-dealkylation sites (N-methyl/N-ethyl adjacent to an activating group) is 1. The van der Waals surface area contributed by atoms with Gasteiger partial charge in [0.15, 0.2) is 17.3 Å².